The van der Waals surface area contributed by atoms with Crippen LogP contribution in [0.25, 0.3) is 0 Å². The van der Waals surface area contributed by atoms with E-state index in [0.717, 1.165) is 10.0 Å². The Kier molecular flexibility index (Phi) is 5.67. The van der Waals surface area contributed by atoms with E-state index in [9.17, 15) is 14.4 Å². The lowest BCUT2D eigenvalue weighted by Crippen LogP contribution is -2.46. The lowest BCUT2D eigenvalue weighted by molar-refractivity contribution is -0.124. The highest BCUT2D eigenvalue weighted by molar-refractivity contribution is 9.10. The molecule has 0 radical (unpaired) electrons. The molecule has 1 aliphatic carbocycles. The largest absolute Gasteiger partial charge is 0.290 e. The Labute approximate surface area is 205 Å². The van der Waals surface area contributed by atoms with Gasteiger partial charge in [-0.1, -0.05) is 76.6 Å². The minimum atomic E-state index is -1.47. The molecule has 1 unspecified atom stereocenters. The summed E-state index contributed by atoms with van der Waals surface area (Å²) in [5.41, 5.74) is 1.23. The number of benzene rings is 3. The number of hydrogen-bond donors (Lipinski definition) is 0. The third-order valence-corrected chi connectivity index (χ3v) is 6.53. The smallest absolute Gasteiger partial charge is 0.264 e. The molecule has 1 aliphatic heterocycles. The lowest BCUT2D eigenvalue weighted by atomic mass is 9.67. The molecule has 0 N–H and O–H groups in total. The van der Waals surface area contributed by atoms with Crippen LogP contribution < -0.4 is 5.01 Å². The molecule has 0 spiro atoms. The van der Waals surface area contributed by atoms with Gasteiger partial charge in [0.05, 0.1) is 11.4 Å². The van der Waals surface area contributed by atoms with Crippen LogP contribution >= 0.6 is 15.9 Å². The molecule has 0 bridgehead atoms. The number of rotatable bonds is 5. The average Bonchev–Trinajstić information content (AvgIpc) is 3.15. The van der Waals surface area contributed by atoms with Gasteiger partial charge in [0, 0.05) is 10.0 Å². The van der Waals surface area contributed by atoms with Crippen molar-refractivity contribution in [2.24, 2.45) is 10.5 Å². The number of amides is 1. The molecule has 0 saturated carbocycles. The Morgan fingerprint density at radius 1 is 0.794 bits per heavy atom. The predicted octanol–water partition coefficient (Wildman–Crippen LogP) is 5.06. The number of halogens is 1. The standard InChI is InChI=1S/C28H19BrN2O3/c29-21-13-11-20(12-14-21)26-28(18-19-7-3-1-4-8-19,24-17-23(32)15-16-25(24)33)27(34)31(30-26)22-9-5-2-6-10-22/h1-17H,18H2. The highest BCUT2D eigenvalue weighted by Crippen LogP contribution is 2.45. The van der Waals surface area contributed by atoms with Crippen LogP contribution in [0.15, 0.2) is 118 Å². The van der Waals surface area contributed by atoms with E-state index >= 15 is 0 Å². The van der Waals surface area contributed by atoms with Gasteiger partial charge < -0.3 is 0 Å². The van der Waals surface area contributed by atoms with E-state index in [-0.39, 0.29) is 29.5 Å². The molecule has 5 nitrogen and oxygen atoms in total. The Balaban J connectivity index is 1.78. The van der Waals surface area contributed by atoms with Gasteiger partial charge in [-0.3, -0.25) is 14.4 Å². The highest BCUT2D eigenvalue weighted by Gasteiger charge is 2.56. The van der Waals surface area contributed by atoms with Crippen molar-refractivity contribution < 1.29 is 14.4 Å². The molecule has 166 valence electrons. The maximum atomic E-state index is 14.3. The van der Waals surface area contributed by atoms with E-state index in [2.05, 4.69) is 15.9 Å². The van der Waals surface area contributed by atoms with Gasteiger partial charge in [0.25, 0.3) is 5.91 Å². The van der Waals surface area contributed by atoms with Crippen molar-refractivity contribution in [3.05, 3.63) is 124 Å². The third kappa shape index (κ3) is 3.76. The van der Waals surface area contributed by atoms with Crippen LogP contribution in [-0.4, -0.2) is 23.2 Å². The summed E-state index contributed by atoms with van der Waals surface area (Å²) in [7, 11) is 0. The molecule has 1 atom stereocenters. The molecule has 0 aromatic heterocycles. The molecule has 1 amide bonds. The molecule has 0 fully saturated rings. The summed E-state index contributed by atoms with van der Waals surface area (Å²) in [4.78, 5) is 39.9. The number of para-hydroxylation sites is 1. The fourth-order valence-electron chi connectivity index (χ4n) is 4.41. The highest BCUT2D eigenvalue weighted by atomic mass is 79.9. The minimum absolute atomic E-state index is 0.133. The molecule has 5 rings (SSSR count). The minimum Gasteiger partial charge on any atom is -0.290 e. The van der Waals surface area contributed by atoms with Gasteiger partial charge >= 0.3 is 0 Å². The second kappa shape index (κ2) is 8.80. The van der Waals surface area contributed by atoms with Crippen LogP contribution in [0.4, 0.5) is 5.69 Å². The number of ketones is 2. The summed E-state index contributed by atoms with van der Waals surface area (Å²) in [5.74, 6) is -1.07. The zero-order valence-corrected chi connectivity index (χ0v) is 19.6. The first-order valence-electron chi connectivity index (χ1n) is 10.8. The predicted molar refractivity (Wildman–Crippen MR) is 134 cm³/mol. The molecule has 34 heavy (non-hydrogen) atoms. The second-order valence-electron chi connectivity index (χ2n) is 8.13. The van der Waals surface area contributed by atoms with E-state index in [4.69, 9.17) is 5.10 Å². The van der Waals surface area contributed by atoms with Crippen LogP contribution in [0, 0.1) is 5.41 Å². The van der Waals surface area contributed by atoms with Crippen molar-refractivity contribution in [2.75, 3.05) is 5.01 Å². The van der Waals surface area contributed by atoms with Crippen molar-refractivity contribution in [1.29, 1.82) is 0 Å². The summed E-state index contributed by atoms with van der Waals surface area (Å²) in [5, 5.41) is 6.12. The maximum Gasteiger partial charge on any atom is 0.264 e. The first-order chi connectivity index (χ1) is 16.5. The Bertz CT molecular complexity index is 1380. The third-order valence-electron chi connectivity index (χ3n) is 6.00. The molecule has 3 aromatic carbocycles. The van der Waals surface area contributed by atoms with E-state index in [1.54, 1.807) is 12.1 Å². The summed E-state index contributed by atoms with van der Waals surface area (Å²) in [6, 6.07) is 26.0. The van der Waals surface area contributed by atoms with Crippen LogP contribution in [0.1, 0.15) is 11.1 Å². The SMILES string of the molecule is O=C1C=CC(=O)C(C2(Cc3ccccc3)C(=O)N(c3ccccc3)N=C2c2ccc(Br)cc2)=C1. The summed E-state index contributed by atoms with van der Waals surface area (Å²) < 4.78 is 0.876. The van der Waals surface area contributed by atoms with E-state index in [1.807, 2.05) is 72.8 Å². The maximum absolute atomic E-state index is 14.3. The molecule has 6 heteroatoms. The molecular weight excluding hydrogens is 492 g/mol. The van der Waals surface area contributed by atoms with Gasteiger partial charge in [-0.05, 0) is 60.0 Å². The first kappa shape index (κ1) is 21.9. The number of hydrogen-bond acceptors (Lipinski definition) is 4. The summed E-state index contributed by atoms with van der Waals surface area (Å²) in [6.45, 7) is 0. The molecular formula is C28H19BrN2O3. The van der Waals surface area contributed by atoms with Crippen molar-refractivity contribution in [3.63, 3.8) is 0 Å². The summed E-state index contributed by atoms with van der Waals surface area (Å²) >= 11 is 3.45. The Morgan fingerprint density at radius 3 is 2.12 bits per heavy atom. The first-order valence-corrected chi connectivity index (χ1v) is 11.6. The van der Waals surface area contributed by atoms with E-state index in [0.29, 0.717) is 17.0 Å². The van der Waals surface area contributed by atoms with Gasteiger partial charge in [0.2, 0.25) is 0 Å². The average molecular weight is 511 g/mol. The number of carbonyl (C=O) groups is 3. The molecule has 1 heterocycles. The number of anilines is 1. The number of carbonyl (C=O) groups excluding carboxylic acids is 3. The van der Waals surface area contributed by atoms with E-state index in [1.165, 1.54) is 23.2 Å². The topological polar surface area (TPSA) is 66.8 Å². The normalized spacial score (nSPS) is 19.9. The Morgan fingerprint density at radius 2 is 1.44 bits per heavy atom. The quantitative estimate of drug-likeness (QED) is 0.450. The van der Waals surface area contributed by atoms with Crippen molar-refractivity contribution >= 4 is 44.8 Å². The van der Waals surface area contributed by atoms with Crippen LogP contribution in [0.5, 0.6) is 0 Å². The second-order valence-corrected chi connectivity index (χ2v) is 9.05. The fraction of sp³-hybridized carbons (Fsp3) is 0.0714. The van der Waals surface area contributed by atoms with Gasteiger partial charge in [-0.25, -0.2) is 0 Å². The number of hydrazone groups is 1. The van der Waals surface area contributed by atoms with Crippen LogP contribution in [0.2, 0.25) is 0 Å². The number of allylic oxidation sites excluding steroid dienone is 3. The van der Waals surface area contributed by atoms with Crippen LogP contribution in [0.3, 0.4) is 0 Å². The van der Waals surface area contributed by atoms with Crippen LogP contribution in [-0.2, 0) is 20.8 Å². The lowest BCUT2D eigenvalue weighted by Gasteiger charge is -2.32. The monoisotopic (exact) mass is 510 g/mol. The van der Waals surface area contributed by atoms with E-state index < -0.39 is 5.41 Å². The zero-order valence-electron chi connectivity index (χ0n) is 18.0. The number of nitrogens with zero attached hydrogens (tertiary/aromatic N) is 2. The molecule has 3 aromatic rings. The van der Waals surface area contributed by atoms with Crippen molar-refractivity contribution in [3.8, 4) is 0 Å². The van der Waals surface area contributed by atoms with Gasteiger partial charge in [-0.15, -0.1) is 0 Å². The van der Waals surface area contributed by atoms with Crippen molar-refractivity contribution in [2.45, 2.75) is 6.42 Å². The zero-order chi connectivity index (χ0) is 23.7. The van der Waals surface area contributed by atoms with Gasteiger partial charge in [0.15, 0.2) is 11.6 Å². The molecule has 0 saturated heterocycles. The Hall–Kier alpha value is -3.90. The van der Waals surface area contributed by atoms with Gasteiger partial charge in [0.1, 0.15) is 5.41 Å². The van der Waals surface area contributed by atoms with Gasteiger partial charge in [-0.2, -0.15) is 10.1 Å². The summed E-state index contributed by atoms with van der Waals surface area (Å²) in [6.07, 6.45) is 3.94. The van der Waals surface area contributed by atoms with Crippen molar-refractivity contribution in [1.82, 2.24) is 0 Å². The molecule has 2 aliphatic rings. The fourth-order valence-corrected chi connectivity index (χ4v) is 4.68.